The Kier molecular flexibility index (Phi) is 5.24. The van der Waals surface area contributed by atoms with E-state index in [1.807, 2.05) is 4.72 Å². The number of benzene rings is 3. The number of sulfonamides is 1. The Hall–Kier alpha value is -3.65. The van der Waals surface area contributed by atoms with E-state index in [4.69, 9.17) is 0 Å². The summed E-state index contributed by atoms with van der Waals surface area (Å²) in [6.07, 6.45) is 2.82. The number of halogens is 2. The maximum atomic E-state index is 14.2. The van der Waals surface area contributed by atoms with Gasteiger partial charge < -0.3 is 0 Å². The fourth-order valence-electron chi connectivity index (χ4n) is 3.35. The topological polar surface area (TPSA) is 75.6 Å². The first kappa shape index (κ1) is 20.6. The summed E-state index contributed by atoms with van der Waals surface area (Å²) >= 11 is 0. The van der Waals surface area contributed by atoms with Crippen LogP contribution in [0.1, 0.15) is 12.5 Å². The summed E-state index contributed by atoms with van der Waals surface area (Å²) < 4.78 is 56.2. The standard InChI is InChI=1S/C23H16F2N2O3S/c1-2-14-13-19(26-22(14)21-17(24)10-6-11-18(21)25)23(28)27-31(29,30)20-12-5-8-15-7-3-4-9-16(15)20/h2-13H,1H3,(H,27,28)/b14-2+. The monoisotopic (exact) mass is 438 g/mol. The first-order chi connectivity index (χ1) is 14.8. The highest BCUT2D eigenvalue weighted by molar-refractivity contribution is 7.90. The van der Waals surface area contributed by atoms with Gasteiger partial charge in [-0.15, -0.1) is 0 Å². The van der Waals surface area contributed by atoms with E-state index in [0.29, 0.717) is 16.3 Å². The Morgan fingerprint density at radius 3 is 2.32 bits per heavy atom. The SMILES string of the molecule is C/C=C1\C=C(C(=O)NS(=O)(=O)c2cccc3ccccc23)N=C1c1c(F)cccc1F. The van der Waals surface area contributed by atoms with Gasteiger partial charge in [-0.3, -0.25) is 4.79 Å². The molecular weight excluding hydrogens is 422 g/mol. The first-order valence-electron chi connectivity index (χ1n) is 9.28. The van der Waals surface area contributed by atoms with Gasteiger partial charge in [-0.25, -0.2) is 26.9 Å². The quantitative estimate of drug-likeness (QED) is 0.662. The second-order valence-electron chi connectivity index (χ2n) is 6.74. The zero-order valence-electron chi connectivity index (χ0n) is 16.3. The van der Waals surface area contributed by atoms with Gasteiger partial charge in [0.05, 0.1) is 16.2 Å². The summed E-state index contributed by atoms with van der Waals surface area (Å²) in [6, 6.07) is 15.0. The fraction of sp³-hybridized carbons (Fsp3) is 0.0435. The predicted molar refractivity (Wildman–Crippen MR) is 114 cm³/mol. The van der Waals surface area contributed by atoms with Crippen molar-refractivity contribution in [3.63, 3.8) is 0 Å². The Morgan fingerprint density at radius 1 is 0.968 bits per heavy atom. The lowest BCUT2D eigenvalue weighted by Crippen LogP contribution is -2.31. The Balaban J connectivity index is 1.69. The van der Waals surface area contributed by atoms with Crippen molar-refractivity contribution in [1.29, 1.82) is 0 Å². The number of nitrogens with one attached hydrogen (secondary N) is 1. The van der Waals surface area contributed by atoms with E-state index in [1.165, 1.54) is 24.3 Å². The van der Waals surface area contributed by atoms with Crippen molar-refractivity contribution in [2.75, 3.05) is 0 Å². The van der Waals surface area contributed by atoms with E-state index in [1.54, 1.807) is 43.3 Å². The number of rotatable bonds is 4. The van der Waals surface area contributed by atoms with Crippen LogP contribution in [-0.4, -0.2) is 20.0 Å². The summed E-state index contributed by atoms with van der Waals surface area (Å²) in [5.41, 5.74) is -0.427. The van der Waals surface area contributed by atoms with Crippen LogP contribution < -0.4 is 4.72 Å². The fourth-order valence-corrected chi connectivity index (χ4v) is 4.54. The molecular formula is C23H16F2N2O3S. The lowest BCUT2D eigenvalue weighted by atomic mass is 10.0. The van der Waals surface area contributed by atoms with Crippen LogP contribution in [0.25, 0.3) is 10.8 Å². The zero-order valence-corrected chi connectivity index (χ0v) is 17.1. The summed E-state index contributed by atoms with van der Waals surface area (Å²) in [5.74, 6) is -2.67. The van der Waals surface area contributed by atoms with Gasteiger partial charge in [-0.1, -0.05) is 48.5 Å². The maximum Gasteiger partial charge on any atom is 0.283 e. The Labute approximate surface area is 177 Å². The molecule has 1 aliphatic heterocycles. The van der Waals surface area contributed by atoms with E-state index in [0.717, 1.165) is 12.1 Å². The highest BCUT2D eigenvalue weighted by Gasteiger charge is 2.28. The van der Waals surface area contributed by atoms with Gasteiger partial charge in [0.2, 0.25) is 0 Å². The van der Waals surface area contributed by atoms with Gasteiger partial charge in [0.1, 0.15) is 17.3 Å². The molecule has 0 aromatic heterocycles. The van der Waals surface area contributed by atoms with Crippen LogP contribution in [0.5, 0.6) is 0 Å². The summed E-state index contributed by atoms with van der Waals surface area (Å²) in [6.45, 7) is 1.62. The number of carbonyl (C=O) groups excluding carboxylic acids is 1. The number of amides is 1. The molecule has 0 saturated heterocycles. The van der Waals surface area contributed by atoms with Crippen molar-refractivity contribution >= 4 is 32.4 Å². The van der Waals surface area contributed by atoms with Crippen molar-refractivity contribution in [2.45, 2.75) is 11.8 Å². The van der Waals surface area contributed by atoms with Gasteiger partial charge >= 0.3 is 0 Å². The summed E-state index contributed by atoms with van der Waals surface area (Å²) in [7, 11) is -4.22. The van der Waals surface area contributed by atoms with E-state index < -0.39 is 27.6 Å². The minimum absolute atomic E-state index is 0.0619. The van der Waals surface area contributed by atoms with Crippen LogP contribution >= 0.6 is 0 Å². The van der Waals surface area contributed by atoms with Crippen molar-refractivity contribution in [3.8, 4) is 0 Å². The molecule has 0 saturated carbocycles. The predicted octanol–water partition coefficient (Wildman–Crippen LogP) is 4.26. The molecule has 0 spiro atoms. The largest absolute Gasteiger partial charge is 0.283 e. The molecule has 8 heteroatoms. The van der Waals surface area contributed by atoms with Crippen molar-refractivity contribution in [2.24, 2.45) is 4.99 Å². The molecule has 1 amide bonds. The molecule has 4 rings (SSSR count). The third-order valence-electron chi connectivity index (χ3n) is 4.81. The van der Waals surface area contributed by atoms with Crippen molar-refractivity contribution in [1.82, 2.24) is 4.72 Å². The average Bonchev–Trinajstić information content (AvgIpc) is 3.17. The highest BCUT2D eigenvalue weighted by Crippen LogP contribution is 2.27. The molecule has 5 nitrogen and oxygen atoms in total. The molecule has 31 heavy (non-hydrogen) atoms. The number of hydrogen-bond acceptors (Lipinski definition) is 4. The first-order valence-corrected chi connectivity index (χ1v) is 10.8. The van der Waals surface area contributed by atoms with Gasteiger partial charge in [-0.05, 0) is 42.2 Å². The molecule has 156 valence electrons. The van der Waals surface area contributed by atoms with Crippen LogP contribution in [0, 0.1) is 11.6 Å². The van der Waals surface area contributed by atoms with Crippen LogP contribution in [-0.2, 0) is 14.8 Å². The lowest BCUT2D eigenvalue weighted by molar-refractivity contribution is -0.115. The van der Waals surface area contributed by atoms with Crippen molar-refractivity contribution < 1.29 is 22.0 Å². The number of carbonyl (C=O) groups is 1. The van der Waals surface area contributed by atoms with E-state index in [9.17, 15) is 22.0 Å². The summed E-state index contributed by atoms with van der Waals surface area (Å²) in [4.78, 5) is 16.7. The molecule has 1 heterocycles. The minimum Gasteiger partial charge on any atom is -0.266 e. The number of aliphatic imine (C=N–C) groups is 1. The second-order valence-corrected chi connectivity index (χ2v) is 8.39. The van der Waals surface area contributed by atoms with Gasteiger partial charge in [0, 0.05) is 5.39 Å². The van der Waals surface area contributed by atoms with Crippen LogP contribution in [0.15, 0.2) is 94.0 Å². The molecule has 0 atom stereocenters. The van der Waals surface area contributed by atoms with Gasteiger partial charge in [-0.2, -0.15) is 0 Å². The molecule has 0 fully saturated rings. The number of nitrogens with zero attached hydrogens (tertiary/aromatic N) is 1. The smallest absolute Gasteiger partial charge is 0.266 e. The number of allylic oxidation sites excluding steroid dienone is 3. The molecule has 3 aromatic rings. The molecule has 0 bridgehead atoms. The zero-order chi connectivity index (χ0) is 22.2. The van der Waals surface area contributed by atoms with Crippen LogP contribution in [0.3, 0.4) is 0 Å². The van der Waals surface area contributed by atoms with Crippen LogP contribution in [0.4, 0.5) is 8.78 Å². The maximum absolute atomic E-state index is 14.2. The molecule has 1 N–H and O–H groups in total. The third-order valence-corrected chi connectivity index (χ3v) is 6.20. The van der Waals surface area contributed by atoms with Crippen LogP contribution in [0.2, 0.25) is 0 Å². The van der Waals surface area contributed by atoms with Gasteiger partial charge in [0.15, 0.2) is 0 Å². The average molecular weight is 438 g/mol. The summed E-state index contributed by atoms with van der Waals surface area (Å²) in [5, 5.41) is 1.15. The highest BCUT2D eigenvalue weighted by atomic mass is 32.2. The molecule has 0 unspecified atom stereocenters. The molecule has 0 radical (unpaired) electrons. The minimum atomic E-state index is -4.22. The van der Waals surface area contributed by atoms with Crippen molar-refractivity contribution in [3.05, 3.63) is 101 Å². The lowest BCUT2D eigenvalue weighted by Gasteiger charge is -2.09. The Morgan fingerprint density at radius 2 is 1.61 bits per heavy atom. The molecule has 1 aliphatic rings. The third kappa shape index (κ3) is 3.77. The number of hydrogen-bond donors (Lipinski definition) is 1. The molecule has 3 aromatic carbocycles. The van der Waals surface area contributed by atoms with E-state index in [2.05, 4.69) is 4.99 Å². The number of fused-ring (bicyclic) bond motifs is 1. The normalized spacial score (nSPS) is 15.1. The van der Waals surface area contributed by atoms with E-state index in [-0.39, 0.29) is 21.9 Å². The molecule has 0 aliphatic carbocycles. The van der Waals surface area contributed by atoms with E-state index >= 15 is 0 Å². The Bertz CT molecular complexity index is 1400. The second kappa shape index (κ2) is 7.88. The van der Waals surface area contributed by atoms with Gasteiger partial charge in [0.25, 0.3) is 15.9 Å².